The molecule has 0 aliphatic heterocycles. The molecule has 0 saturated heterocycles. The SMILES string of the molecule is COc1ccc(Br)cc1CSCCC(C)C. The monoisotopic (exact) mass is 302 g/mol. The molecule has 0 fully saturated rings. The summed E-state index contributed by atoms with van der Waals surface area (Å²) in [6.45, 7) is 4.53. The molecule has 0 aliphatic rings. The van der Waals surface area contributed by atoms with Crippen LogP contribution in [0.1, 0.15) is 25.8 Å². The fraction of sp³-hybridized carbons (Fsp3) is 0.538. The standard InChI is InChI=1S/C13H19BrOS/c1-10(2)6-7-16-9-11-8-12(14)4-5-13(11)15-3/h4-5,8,10H,6-7,9H2,1-3H3. The van der Waals surface area contributed by atoms with Gasteiger partial charge >= 0.3 is 0 Å². The van der Waals surface area contributed by atoms with Crippen molar-refractivity contribution >= 4 is 27.7 Å². The van der Waals surface area contributed by atoms with Crippen molar-refractivity contribution in [2.24, 2.45) is 5.92 Å². The van der Waals surface area contributed by atoms with Gasteiger partial charge in [-0.05, 0) is 36.3 Å². The number of hydrogen-bond acceptors (Lipinski definition) is 2. The van der Waals surface area contributed by atoms with Crippen molar-refractivity contribution in [3.63, 3.8) is 0 Å². The first-order valence-corrected chi connectivity index (χ1v) is 7.48. The molecule has 0 spiro atoms. The predicted molar refractivity (Wildman–Crippen MR) is 76.3 cm³/mol. The van der Waals surface area contributed by atoms with E-state index >= 15 is 0 Å². The average Bonchev–Trinajstić information content (AvgIpc) is 2.24. The van der Waals surface area contributed by atoms with Crippen molar-refractivity contribution in [3.8, 4) is 5.75 Å². The molecule has 1 nitrogen and oxygen atoms in total. The second-order valence-corrected chi connectivity index (χ2v) is 6.21. The lowest BCUT2D eigenvalue weighted by molar-refractivity contribution is 0.411. The highest BCUT2D eigenvalue weighted by Gasteiger charge is 2.04. The zero-order chi connectivity index (χ0) is 12.0. The number of halogens is 1. The summed E-state index contributed by atoms with van der Waals surface area (Å²) in [5.74, 6) is 4.01. The van der Waals surface area contributed by atoms with Gasteiger partial charge in [-0.3, -0.25) is 0 Å². The van der Waals surface area contributed by atoms with E-state index in [4.69, 9.17) is 4.74 Å². The Bertz CT molecular complexity index is 326. The van der Waals surface area contributed by atoms with Crippen molar-refractivity contribution in [1.82, 2.24) is 0 Å². The molecule has 0 amide bonds. The Hall–Kier alpha value is -0.150. The van der Waals surface area contributed by atoms with Crippen molar-refractivity contribution < 1.29 is 4.74 Å². The lowest BCUT2D eigenvalue weighted by atomic mass is 10.2. The first kappa shape index (κ1) is 13.9. The Morgan fingerprint density at radius 2 is 2.12 bits per heavy atom. The van der Waals surface area contributed by atoms with E-state index in [2.05, 4.69) is 35.8 Å². The Kier molecular flexibility index (Phi) is 6.29. The van der Waals surface area contributed by atoms with Gasteiger partial charge in [-0.15, -0.1) is 0 Å². The molecule has 0 atom stereocenters. The van der Waals surface area contributed by atoms with Gasteiger partial charge in [0, 0.05) is 15.8 Å². The molecule has 0 bridgehead atoms. The number of ether oxygens (including phenoxy) is 1. The van der Waals surface area contributed by atoms with Gasteiger partial charge < -0.3 is 4.74 Å². The Morgan fingerprint density at radius 3 is 2.75 bits per heavy atom. The third-order valence-electron chi connectivity index (χ3n) is 2.34. The van der Waals surface area contributed by atoms with Gasteiger partial charge in [0.25, 0.3) is 0 Å². The molecular weight excluding hydrogens is 284 g/mol. The molecule has 0 radical (unpaired) electrons. The lowest BCUT2D eigenvalue weighted by Crippen LogP contribution is -1.93. The van der Waals surface area contributed by atoms with E-state index in [9.17, 15) is 0 Å². The van der Waals surface area contributed by atoms with Crippen molar-refractivity contribution in [1.29, 1.82) is 0 Å². The zero-order valence-corrected chi connectivity index (χ0v) is 12.5. The number of methoxy groups -OCH3 is 1. The van der Waals surface area contributed by atoms with Crippen LogP contribution in [0.25, 0.3) is 0 Å². The number of benzene rings is 1. The van der Waals surface area contributed by atoms with Crippen LogP contribution in [0.3, 0.4) is 0 Å². The van der Waals surface area contributed by atoms with Gasteiger partial charge in [0.1, 0.15) is 5.75 Å². The summed E-state index contributed by atoms with van der Waals surface area (Å²) in [6.07, 6.45) is 1.28. The van der Waals surface area contributed by atoms with Crippen molar-refractivity contribution in [2.75, 3.05) is 12.9 Å². The number of thioether (sulfide) groups is 1. The fourth-order valence-electron chi connectivity index (χ4n) is 1.36. The van der Waals surface area contributed by atoms with Gasteiger partial charge in [0.05, 0.1) is 7.11 Å². The van der Waals surface area contributed by atoms with Crippen molar-refractivity contribution in [3.05, 3.63) is 28.2 Å². The highest BCUT2D eigenvalue weighted by molar-refractivity contribution is 9.10. The largest absolute Gasteiger partial charge is 0.496 e. The van der Waals surface area contributed by atoms with Crippen LogP contribution in [0.5, 0.6) is 5.75 Å². The third kappa shape index (κ3) is 4.79. The zero-order valence-electron chi connectivity index (χ0n) is 10.1. The Morgan fingerprint density at radius 1 is 1.38 bits per heavy atom. The van der Waals surface area contributed by atoms with Crippen LogP contribution < -0.4 is 4.74 Å². The van der Waals surface area contributed by atoms with E-state index in [1.807, 2.05) is 23.9 Å². The third-order valence-corrected chi connectivity index (χ3v) is 3.87. The predicted octanol–water partition coefficient (Wildman–Crippen LogP) is 4.74. The molecule has 0 saturated carbocycles. The molecule has 1 aromatic rings. The summed E-state index contributed by atoms with van der Waals surface area (Å²) < 4.78 is 6.46. The summed E-state index contributed by atoms with van der Waals surface area (Å²) in [5.41, 5.74) is 1.27. The minimum atomic E-state index is 0.789. The van der Waals surface area contributed by atoms with E-state index in [0.29, 0.717) is 0 Å². The van der Waals surface area contributed by atoms with Crippen LogP contribution in [0.4, 0.5) is 0 Å². The minimum Gasteiger partial charge on any atom is -0.496 e. The second kappa shape index (κ2) is 7.23. The molecule has 0 N–H and O–H groups in total. The van der Waals surface area contributed by atoms with Crippen LogP contribution in [0.15, 0.2) is 22.7 Å². The summed E-state index contributed by atoms with van der Waals surface area (Å²) in [6, 6.07) is 6.17. The van der Waals surface area contributed by atoms with Gasteiger partial charge in [0.15, 0.2) is 0 Å². The molecule has 16 heavy (non-hydrogen) atoms. The lowest BCUT2D eigenvalue weighted by Gasteiger charge is -2.09. The highest BCUT2D eigenvalue weighted by Crippen LogP contribution is 2.27. The normalized spacial score (nSPS) is 10.8. The van der Waals surface area contributed by atoms with E-state index in [0.717, 1.165) is 21.9 Å². The quantitative estimate of drug-likeness (QED) is 0.702. The first-order valence-electron chi connectivity index (χ1n) is 5.53. The summed E-state index contributed by atoms with van der Waals surface area (Å²) in [4.78, 5) is 0. The van der Waals surface area contributed by atoms with Gasteiger partial charge in [-0.2, -0.15) is 11.8 Å². The van der Waals surface area contributed by atoms with E-state index in [1.165, 1.54) is 17.7 Å². The Labute approximate surface area is 111 Å². The second-order valence-electron chi connectivity index (χ2n) is 4.19. The molecule has 1 aromatic carbocycles. The molecule has 3 heteroatoms. The summed E-state index contributed by atoms with van der Waals surface area (Å²) >= 11 is 5.46. The molecule has 1 rings (SSSR count). The topological polar surface area (TPSA) is 9.23 Å². The summed E-state index contributed by atoms with van der Waals surface area (Å²) in [7, 11) is 1.73. The van der Waals surface area contributed by atoms with E-state index in [-0.39, 0.29) is 0 Å². The van der Waals surface area contributed by atoms with Gasteiger partial charge in [0.2, 0.25) is 0 Å². The molecule has 0 aromatic heterocycles. The first-order chi connectivity index (χ1) is 7.63. The average molecular weight is 303 g/mol. The van der Waals surface area contributed by atoms with Gasteiger partial charge in [-0.25, -0.2) is 0 Å². The van der Waals surface area contributed by atoms with Crippen LogP contribution in [-0.2, 0) is 5.75 Å². The van der Waals surface area contributed by atoms with Crippen LogP contribution in [0.2, 0.25) is 0 Å². The number of hydrogen-bond donors (Lipinski definition) is 0. The van der Waals surface area contributed by atoms with Crippen LogP contribution in [-0.4, -0.2) is 12.9 Å². The smallest absolute Gasteiger partial charge is 0.122 e. The van der Waals surface area contributed by atoms with Crippen LogP contribution >= 0.6 is 27.7 Å². The maximum atomic E-state index is 5.34. The van der Waals surface area contributed by atoms with E-state index in [1.54, 1.807) is 7.11 Å². The van der Waals surface area contributed by atoms with Gasteiger partial charge in [-0.1, -0.05) is 29.8 Å². The molecular formula is C13H19BrOS. The maximum Gasteiger partial charge on any atom is 0.122 e. The molecule has 0 heterocycles. The highest BCUT2D eigenvalue weighted by atomic mass is 79.9. The van der Waals surface area contributed by atoms with Crippen LogP contribution in [0, 0.1) is 5.92 Å². The van der Waals surface area contributed by atoms with E-state index < -0.39 is 0 Å². The summed E-state index contributed by atoms with van der Waals surface area (Å²) in [5, 5.41) is 0. The molecule has 0 aliphatic carbocycles. The number of rotatable bonds is 6. The maximum absolute atomic E-state index is 5.34. The minimum absolute atomic E-state index is 0.789. The Balaban J connectivity index is 2.48. The molecule has 0 unspecified atom stereocenters. The molecule has 90 valence electrons. The fourth-order valence-corrected chi connectivity index (χ4v) is 3.00. The van der Waals surface area contributed by atoms with Crippen molar-refractivity contribution in [2.45, 2.75) is 26.0 Å².